The second-order valence-electron chi connectivity index (χ2n) is 4.69. The maximum absolute atomic E-state index is 12.2. The van der Waals surface area contributed by atoms with E-state index in [0.717, 1.165) is 5.56 Å². The zero-order valence-electron chi connectivity index (χ0n) is 11.5. The van der Waals surface area contributed by atoms with Gasteiger partial charge >= 0.3 is 0 Å². The van der Waals surface area contributed by atoms with Gasteiger partial charge < -0.3 is 4.74 Å². The summed E-state index contributed by atoms with van der Waals surface area (Å²) in [5.41, 5.74) is 1.17. The summed E-state index contributed by atoms with van der Waals surface area (Å²) in [5.74, 6) is 0.683. The number of aromatic amines is 1. The Labute approximate surface area is 118 Å². The summed E-state index contributed by atoms with van der Waals surface area (Å²) in [5, 5.41) is 6.24. The lowest BCUT2D eigenvalue weighted by atomic mass is 10.2. The minimum atomic E-state index is -3.62. The quantitative estimate of drug-likeness (QED) is 0.886. The first-order valence-corrected chi connectivity index (χ1v) is 7.66. The SMILES string of the molecule is Cc1cc(S(=O)(=O)Nc2cn[nH]c2)ccc1OC(C)C. The lowest BCUT2D eigenvalue weighted by molar-refractivity contribution is 0.240. The third kappa shape index (κ3) is 3.30. The highest BCUT2D eigenvalue weighted by Gasteiger charge is 2.16. The summed E-state index contributed by atoms with van der Waals surface area (Å²) in [7, 11) is -3.62. The minimum Gasteiger partial charge on any atom is -0.491 e. The van der Waals surface area contributed by atoms with Crippen LogP contribution in [0.4, 0.5) is 5.69 Å². The molecule has 6 nitrogen and oxygen atoms in total. The van der Waals surface area contributed by atoms with E-state index in [1.807, 2.05) is 20.8 Å². The molecule has 0 spiro atoms. The van der Waals surface area contributed by atoms with Crippen LogP contribution in [0.3, 0.4) is 0 Å². The van der Waals surface area contributed by atoms with E-state index in [9.17, 15) is 8.42 Å². The Hall–Kier alpha value is -2.02. The van der Waals surface area contributed by atoms with Crippen LogP contribution < -0.4 is 9.46 Å². The molecule has 0 fully saturated rings. The molecule has 0 radical (unpaired) electrons. The normalized spacial score (nSPS) is 11.6. The smallest absolute Gasteiger partial charge is 0.262 e. The molecule has 0 aliphatic heterocycles. The topological polar surface area (TPSA) is 84.1 Å². The Morgan fingerprint density at radius 3 is 2.65 bits per heavy atom. The van der Waals surface area contributed by atoms with Crippen LogP contribution in [0.25, 0.3) is 0 Å². The van der Waals surface area contributed by atoms with Gasteiger partial charge in [-0.05, 0) is 44.5 Å². The Morgan fingerprint density at radius 1 is 1.35 bits per heavy atom. The Kier molecular flexibility index (Phi) is 3.99. The van der Waals surface area contributed by atoms with Crippen molar-refractivity contribution in [2.45, 2.75) is 31.8 Å². The van der Waals surface area contributed by atoms with Crippen molar-refractivity contribution in [3.63, 3.8) is 0 Å². The molecule has 108 valence electrons. The average Bonchev–Trinajstić information content (AvgIpc) is 2.83. The molecule has 0 aliphatic carbocycles. The number of hydrogen-bond donors (Lipinski definition) is 2. The molecule has 2 rings (SSSR count). The van der Waals surface area contributed by atoms with E-state index in [1.165, 1.54) is 18.5 Å². The summed E-state index contributed by atoms with van der Waals surface area (Å²) in [6.45, 7) is 5.66. The van der Waals surface area contributed by atoms with Crippen molar-refractivity contribution in [2.24, 2.45) is 0 Å². The van der Waals surface area contributed by atoms with E-state index >= 15 is 0 Å². The summed E-state index contributed by atoms with van der Waals surface area (Å²) >= 11 is 0. The van der Waals surface area contributed by atoms with Gasteiger partial charge in [0.2, 0.25) is 0 Å². The summed E-state index contributed by atoms with van der Waals surface area (Å²) in [6.07, 6.45) is 2.92. The van der Waals surface area contributed by atoms with Crippen LogP contribution in [0.1, 0.15) is 19.4 Å². The number of sulfonamides is 1. The number of benzene rings is 1. The Bertz CT molecular complexity index is 679. The second kappa shape index (κ2) is 5.54. The van der Waals surface area contributed by atoms with Crippen LogP contribution in [-0.2, 0) is 10.0 Å². The molecule has 20 heavy (non-hydrogen) atoms. The second-order valence-corrected chi connectivity index (χ2v) is 6.37. The van der Waals surface area contributed by atoms with Crippen LogP contribution in [0, 0.1) is 6.92 Å². The van der Waals surface area contributed by atoms with Gasteiger partial charge in [0.05, 0.1) is 22.9 Å². The van der Waals surface area contributed by atoms with E-state index < -0.39 is 10.0 Å². The highest BCUT2D eigenvalue weighted by molar-refractivity contribution is 7.92. The van der Waals surface area contributed by atoms with Crippen LogP contribution >= 0.6 is 0 Å². The first kappa shape index (κ1) is 14.4. The molecule has 2 aromatic rings. The van der Waals surface area contributed by atoms with Crippen LogP contribution in [0.5, 0.6) is 5.75 Å². The number of aromatic nitrogens is 2. The predicted octanol–water partition coefficient (Wildman–Crippen LogP) is 2.31. The fraction of sp³-hybridized carbons (Fsp3) is 0.308. The van der Waals surface area contributed by atoms with Crippen molar-refractivity contribution < 1.29 is 13.2 Å². The van der Waals surface area contributed by atoms with E-state index in [-0.39, 0.29) is 11.0 Å². The fourth-order valence-electron chi connectivity index (χ4n) is 1.70. The predicted molar refractivity (Wildman–Crippen MR) is 76.3 cm³/mol. The molecule has 0 unspecified atom stereocenters. The number of hydrogen-bond acceptors (Lipinski definition) is 4. The highest BCUT2D eigenvalue weighted by Crippen LogP contribution is 2.24. The van der Waals surface area contributed by atoms with Gasteiger partial charge in [-0.15, -0.1) is 0 Å². The van der Waals surface area contributed by atoms with E-state index in [4.69, 9.17) is 4.74 Å². The van der Waals surface area contributed by atoms with Gasteiger partial charge in [0, 0.05) is 6.20 Å². The van der Waals surface area contributed by atoms with Gasteiger partial charge in [-0.25, -0.2) is 8.42 Å². The third-order valence-electron chi connectivity index (χ3n) is 2.57. The standard InChI is InChI=1S/C13H17N3O3S/c1-9(2)19-13-5-4-12(6-10(13)3)20(17,18)16-11-7-14-15-8-11/h4-9,16H,1-3H3,(H,14,15). The van der Waals surface area contributed by atoms with Crippen molar-refractivity contribution in [2.75, 3.05) is 4.72 Å². The van der Waals surface area contributed by atoms with Crippen molar-refractivity contribution >= 4 is 15.7 Å². The molecule has 0 atom stereocenters. The first-order valence-electron chi connectivity index (χ1n) is 6.17. The van der Waals surface area contributed by atoms with Crippen molar-refractivity contribution in [3.05, 3.63) is 36.2 Å². The van der Waals surface area contributed by atoms with Gasteiger partial charge in [-0.1, -0.05) is 0 Å². The van der Waals surface area contributed by atoms with Crippen LogP contribution in [-0.4, -0.2) is 24.7 Å². The number of anilines is 1. The Balaban J connectivity index is 2.26. The fourth-order valence-corrected chi connectivity index (χ4v) is 2.81. The Morgan fingerprint density at radius 2 is 2.10 bits per heavy atom. The molecule has 1 aromatic carbocycles. The molecule has 1 heterocycles. The molecule has 2 N–H and O–H groups in total. The first-order chi connectivity index (χ1) is 9.38. The molecule has 0 saturated heterocycles. The molecule has 0 saturated carbocycles. The summed E-state index contributed by atoms with van der Waals surface area (Å²) in [4.78, 5) is 0.187. The third-order valence-corrected chi connectivity index (χ3v) is 3.95. The zero-order chi connectivity index (χ0) is 14.8. The van der Waals surface area contributed by atoms with E-state index in [0.29, 0.717) is 11.4 Å². The molecular formula is C13H17N3O3S. The number of ether oxygens (including phenoxy) is 1. The van der Waals surface area contributed by atoms with Gasteiger partial charge in [-0.2, -0.15) is 5.10 Å². The van der Waals surface area contributed by atoms with Gasteiger partial charge in [0.1, 0.15) is 5.75 Å². The van der Waals surface area contributed by atoms with Gasteiger partial charge in [0.25, 0.3) is 10.0 Å². The highest BCUT2D eigenvalue weighted by atomic mass is 32.2. The number of aryl methyl sites for hydroxylation is 1. The maximum Gasteiger partial charge on any atom is 0.262 e. The lowest BCUT2D eigenvalue weighted by Gasteiger charge is -2.13. The lowest BCUT2D eigenvalue weighted by Crippen LogP contribution is -2.13. The van der Waals surface area contributed by atoms with Crippen LogP contribution in [0.2, 0.25) is 0 Å². The maximum atomic E-state index is 12.2. The zero-order valence-corrected chi connectivity index (χ0v) is 12.4. The monoisotopic (exact) mass is 295 g/mol. The van der Waals surface area contributed by atoms with Crippen molar-refractivity contribution in [3.8, 4) is 5.75 Å². The number of H-pyrrole nitrogens is 1. The summed E-state index contributed by atoms with van der Waals surface area (Å²) in [6, 6.07) is 4.77. The number of rotatable bonds is 5. The molecule has 0 aliphatic rings. The molecule has 7 heteroatoms. The minimum absolute atomic E-state index is 0.0419. The largest absolute Gasteiger partial charge is 0.491 e. The van der Waals surface area contributed by atoms with E-state index in [1.54, 1.807) is 12.1 Å². The molecular weight excluding hydrogens is 278 g/mol. The molecule has 1 aromatic heterocycles. The van der Waals surface area contributed by atoms with Gasteiger partial charge in [0.15, 0.2) is 0 Å². The van der Waals surface area contributed by atoms with E-state index in [2.05, 4.69) is 14.9 Å². The summed E-state index contributed by atoms with van der Waals surface area (Å²) < 4.78 is 32.4. The molecule has 0 bridgehead atoms. The van der Waals surface area contributed by atoms with Crippen molar-refractivity contribution in [1.82, 2.24) is 10.2 Å². The average molecular weight is 295 g/mol. The number of nitrogens with zero attached hydrogens (tertiary/aromatic N) is 1. The van der Waals surface area contributed by atoms with Crippen molar-refractivity contribution in [1.29, 1.82) is 0 Å². The van der Waals surface area contributed by atoms with Gasteiger partial charge in [-0.3, -0.25) is 9.82 Å². The van der Waals surface area contributed by atoms with Crippen LogP contribution in [0.15, 0.2) is 35.5 Å². The number of nitrogens with one attached hydrogen (secondary N) is 2. The molecule has 0 amide bonds.